The number of carbonyl (C=O) groups is 2. The van der Waals surface area contributed by atoms with Crippen molar-refractivity contribution >= 4 is 11.8 Å². The number of fused-ring (bicyclic) bond motifs is 1. The zero-order valence-electron chi connectivity index (χ0n) is 12.6. The highest BCUT2D eigenvalue weighted by molar-refractivity contribution is 6.01. The van der Waals surface area contributed by atoms with Crippen molar-refractivity contribution in [1.29, 1.82) is 0 Å². The van der Waals surface area contributed by atoms with Gasteiger partial charge in [0.05, 0.1) is 11.1 Å². The molecule has 4 N–H and O–H groups in total. The molecule has 0 saturated carbocycles. The van der Waals surface area contributed by atoms with E-state index in [0.717, 1.165) is 0 Å². The van der Waals surface area contributed by atoms with Gasteiger partial charge in [-0.2, -0.15) is 0 Å². The normalized spacial score (nSPS) is 21.3. The molecule has 122 valence electrons. The Morgan fingerprint density at radius 2 is 1.50 bits per heavy atom. The predicted molar refractivity (Wildman–Crippen MR) is 87.8 cm³/mol. The van der Waals surface area contributed by atoms with E-state index in [4.69, 9.17) is 0 Å². The van der Waals surface area contributed by atoms with E-state index in [1.807, 2.05) is 24.3 Å². The van der Waals surface area contributed by atoms with Crippen LogP contribution in [0.3, 0.4) is 0 Å². The van der Waals surface area contributed by atoms with E-state index in [2.05, 4.69) is 10.9 Å². The smallest absolute Gasteiger partial charge is 0.273 e. The molecular formula is C18H16N2O4. The van der Waals surface area contributed by atoms with Gasteiger partial charge in [-0.1, -0.05) is 42.5 Å². The lowest BCUT2D eigenvalue weighted by Crippen LogP contribution is -2.43. The fourth-order valence-electron chi connectivity index (χ4n) is 2.63. The van der Waals surface area contributed by atoms with Gasteiger partial charge >= 0.3 is 0 Å². The fourth-order valence-corrected chi connectivity index (χ4v) is 2.63. The van der Waals surface area contributed by atoms with Gasteiger partial charge in [0.2, 0.25) is 0 Å². The molecule has 2 unspecified atom stereocenters. The number of phenols is 1. The van der Waals surface area contributed by atoms with Crippen molar-refractivity contribution in [2.75, 3.05) is 0 Å². The number of para-hydroxylation sites is 1. The number of allylic oxidation sites excluding steroid dienone is 6. The van der Waals surface area contributed by atoms with Crippen LogP contribution < -0.4 is 10.9 Å². The second-order valence-corrected chi connectivity index (χ2v) is 5.48. The number of amides is 2. The Labute approximate surface area is 138 Å². The number of aromatic hydroxyl groups is 1. The lowest BCUT2D eigenvalue weighted by molar-refractivity contribution is -0.118. The van der Waals surface area contributed by atoms with Crippen molar-refractivity contribution in [2.45, 2.75) is 0 Å². The number of hydrogen-bond acceptors (Lipinski definition) is 4. The zero-order valence-corrected chi connectivity index (χ0v) is 12.6. The van der Waals surface area contributed by atoms with Crippen LogP contribution in [0.1, 0.15) is 10.4 Å². The Morgan fingerprint density at radius 1 is 0.875 bits per heavy atom. The highest BCUT2D eigenvalue weighted by atomic mass is 16.3. The number of aliphatic hydroxyl groups excluding tert-OH is 1. The average molecular weight is 324 g/mol. The number of carbonyl (C=O) groups excluding carboxylic acids is 2. The molecule has 2 aliphatic carbocycles. The summed E-state index contributed by atoms with van der Waals surface area (Å²) < 4.78 is 0. The Balaban J connectivity index is 1.67. The standard InChI is InChI=1S/C18H16N2O4/c21-15-8-4-3-7-13(15)17(23)19-20-18(24)14-9-11-5-1-2-6-12(11)10-16(14)22/h1-12,21-22H,(H,19,23)(H,20,24). The molecule has 2 atom stereocenters. The quantitative estimate of drug-likeness (QED) is 0.624. The van der Waals surface area contributed by atoms with Gasteiger partial charge in [-0.15, -0.1) is 0 Å². The summed E-state index contributed by atoms with van der Waals surface area (Å²) >= 11 is 0. The maximum absolute atomic E-state index is 12.2. The number of nitrogens with one attached hydrogen (secondary N) is 2. The Kier molecular flexibility index (Phi) is 4.20. The van der Waals surface area contributed by atoms with Gasteiger partial charge in [-0.25, -0.2) is 0 Å². The molecule has 0 spiro atoms. The minimum Gasteiger partial charge on any atom is -0.507 e. The van der Waals surface area contributed by atoms with E-state index in [9.17, 15) is 19.8 Å². The first kappa shape index (κ1) is 15.6. The van der Waals surface area contributed by atoms with Gasteiger partial charge in [-0.3, -0.25) is 20.4 Å². The van der Waals surface area contributed by atoms with Gasteiger partial charge in [0, 0.05) is 11.8 Å². The molecule has 0 aromatic heterocycles. The summed E-state index contributed by atoms with van der Waals surface area (Å²) in [5.74, 6) is -1.60. The highest BCUT2D eigenvalue weighted by Crippen LogP contribution is 2.30. The SMILES string of the molecule is O=C(NNC(=O)c1ccccc1O)C1=CC2C=CC=CC2C=C1O. The van der Waals surface area contributed by atoms with Crippen LogP contribution in [0.5, 0.6) is 5.75 Å². The van der Waals surface area contributed by atoms with E-state index in [0.29, 0.717) is 0 Å². The van der Waals surface area contributed by atoms with E-state index >= 15 is 0 Å². The van der Waals surface area contributed by atoms with Crippen LogP contribution in [-0.2, 0) is 4.79 Å². The summed E-state index contributed by atoms with van der Waals surface area (Å²) in [6.07, 6.45) is 10.9. The van der Waals surface area contributed by atoms with Crippen molar-refractivity contribution in [3.8, 4) is 5.75 Å². The molecule has 3 rings (SSSR count). The molecule has 6 nitrogen and oxygen atoms in total. The molecule has 1 aromatic carbocycles. The maximum Gasteiger partial charge on any atom is 0.273 e. The molecule has 24 heavy (non-hydrogen) atoms. The van der Waals surface area contributed by atoms with E-state index in [-0.39, 0.29) is 34.5 Å². The molecule has 0 aliphatic heterocycles. The third-order valence-corrected chi connectivity index (χ3v) is 3.89. The molecule has 2 amide bonds. The molecule has 0 heterocycles. The number of rotatable bonds is 2. The van der Waals surface area contributed by atoms with Gasteiger partial charge in [0.1, 0.15) is 11.5 Å². The maximum atomic E-state index is 12.2. The van der Waals surface area contributed by atoms with Gasteiger partial charge in [-0.05, 0) is 18.2 Å². The molecule has 2 aliphatic rings. The van der Waals surface area contributed by atoms with Gasteiger partial charge in [0.25, 0.3) is 11.8 Å². The van der Waals surface area contributed by atoms with Gasteiger partial charge < -0.3 is 10.2 Å². The molecule has 6 heteroatoms. The molecular weight excluding hydrogens is 308 g/mol. The summed E-state index contributed by atoms with van der Waals surface area (Å²) in [7, 11) is 0. The van der Waals surface area contributed by atoms with Crippen LogP contribution in [0, 0.1) is 11.8 Å². The third-order valence-electron chi connectivity index (χ3n) is 3.89. The zero-order chi connectivity index (χ0) is 17.1. The lowest BCUT2D eigenvalue weighted by atomic mass is 9.82. The summed E-state index contributed by atoms with van der Waals surface area (Å²) in [6.45, 7) is 0. The Morgan fingerprint density at radius 3 is 2.21 bits per heavy atom. The van der Waals surface area contributed by atoms with Crippen LogP contribution in [0.15, 0.2) is 72.1 Å². The van der Waals surface area contributed by atoms with Crippen molar-refractivity contribution in [3.05, 3.63) is 77.6 Å². The van der Waals surface area contributed by atoms with Crippen molar-refractivity contribution in [1.82, 2.24) is 10.9 Å². The van der Waals surface area contributed by atoms with Gasteiger partial charge in [0.15, 0.2) is 0 Å². The first-order chi connectivity index (χ1) is 11.6. The predicted octanol–water partition coefficient (Wildman–Crippen LogP) is 1.89. The van der Waals surface area contributed by atoms with E-state index in [1.165, 1.54) is 12.1 Å². The minimum atomic E-state index is -0.653. The minimum absolute atomic E-state index is 0.0134. The first-order valence-electron chi connectivity index (χ1n) is 7.43. The van der Waals surface area contributed by atoms with Crippen molar-refractivity contribution in [2.24, 2.45) is 11.8 Å². The van der Waals surface area contributed by atoms with Crippen LogP contribution in [0.4, 0.5) is 0 Å². The summed E-state index contributed by atoms with van der Waals surface area (Å²) in [4.78, 5) is 24.2. The summed E-state index contributed by atoms with van der Waals surface area (Å²) in [5.41, 5.74) is 4.59. The van der Waals surface area contributed by atoms with E-state index < -0.39 is 11.8 Å². The monoisotopic (exact) mass is 324 g/mol. The summed E-state index contributed by atoms with van der Waals surface area (Å²) in [6, 6.07) is 5.98. The van der Waals surface area contributed by atoms with Crippen LogP contribution >= 0.6 is 0 Å². The topological polar surface area (TPSA) is 98.7 Å². The first-order valence-corrected chi connectivity index (χ1v) is 7.43. The molecule has 1 aromatic rings. The Bertz CT molecular complexity index is 805. The second-order valence-electron chi connectivity index (χ2n) is 5.48. The largest absolute Gasteiger partial charge is 0.507 e. The number of hydrogen-bond donors (Lipinski definition) is 4. The molecule has 0 saturated heterocycles. The average Bonchev–Trinajstić information content (AvgIpc) is 2.59. The Hall–Kier alpha value is -3.28. The number of hydrazine groups is 1. The molecule has 0 fully saturated rings. The van der Waals surface area contributed by atoms with Crippen molar-refractivity contribution < 1.29 is 19.8 Å². The summed E-state index contributed by atoms with van der Waals surface area (Å²) in [5, 5.41) is 19.6. The van der Waals surface area contributed by atoms with E-state index in [1.54, 1.807) is 24.3 Å². The van der Waals surface area contributed by atoms with Crippen molar-refractivity contribution in [3.63, 3.8) is 0 Å². The fraction of sp³-hybridized carbons (Fsp3) is 0.111. The second kappa shape index (κ2) is 6.45. The number of aliphatic hydroxyl groups is 1. The third kappa shape index (κ3) is 3.08. The van der Waals surface area contributed by atoms with Crippen LogP contribution in [-0.4, -0.2) is 22.0 Å². The highest BCUT2D eigenvalue weighted by Gasteiger charge is 2.26. The van der Waals surface area contributed by atoms with Crippen LogP contribution in [0.25, 0.3) is 0 Å². The number of phenolic OH excluding ortho intramolecular Hbond substituents is 1. The van der Waals surface area contributed by atoms with Crippen LogP contribution in [0.2, 0.25) is 0 Å². The lowest BCUT2D eigenvalue weighted by Gasteiger charge is -2.24. The molecule has 0 bridgehead atoms. The number of benzene rings is 1. The molecule has 0 radical (unpaired) electrons.